The molecular formula is C25H22N2O4S. The average Bonchev–Trinajstić information content (AvgIpc) is 3.21. The van der Waals surface area contributed by atoms with Crippen LogP contribution in [0.3, 0.4) is 0 Å². The molecule has 7 heteroatoms. The number of hydrogen-bond donors (Lipinski definition) is 2. The van der Waals surface area contributed by atoms with Crippen LogP contribution >= 0.6 is 12.0 Å². The van der Waals surface area contributed by atoms with E-state index in [0.717, 1.165) is 34.2 Å². The first-order valence-corrected chi connectivity index (χ1v) is 10.9. The number of rotatable bonds is 9. The third-order valence-electron chi connectivity index (χ3n) is 5.26. The first kappa shape index (κ1) is 21.6. The lowest BCUT2D eigenvalue weighted by Crippen LogP contribution is -2.38. The number of H-pyrrole nitrogens is 1. The fourth-order valence-corrected chi connectivity index (χ4v) is 4.42. The minimum absolute atomic E-state index is 0.245. The predicted octanol–water partition coefficient (Wildman–Crippen LogP) is 5.06. The third-order valence-corrected chi connectivity index (χ3v) is 5.84. The van der Waals surface area contributed by atoms with Crippen LogP contribution < -0.4 is 0 Å². The van der Waals surface area contributed by atoms with Gasteiger partial charge in [0.2, 0.25) is 5.16 Å². The van der Waals surface area contributed by atoms with Crippen LogP contribution in [-0.2, 0) is 26.6 Å². The monoisotopic (exact) mass is 446 g/mol. The summed E-state index contributed by atoms with van der Waals surface area (Å²) in [4.78, 5) is 32.8. The number of carbonyl (C=O) groups is 2. The molecular weight excluding hydrogens is 424 g/mol. The summed E-state index contributed by atoms with van der Waals surface area (Å²) in [5, 5.41) is 10.1. The summed E-state index contributed by atoms with van der Waals surface area (Å²) < 4.78 is 5.59. The lowest BCUT2D eigenvalue weighted by atomic mass is 9.74. The Morgan fingerprint density at radius 1 is 0.875 bits per heavy atom. The Kier molecular flexibility index (Phi) is 6.56. The molecule has 0 aliphatic rings. The Balaban J connectivity index is 1.63. The van der Waals surface area contributed by atoms with Gasteiger partial charge in [-0.05, 0) is 36.1 Å². The third kappa shape index (κ3) is 5.18. The van der Waals surface area contributed by atoms with Crippen molar-refractivity contribution < 1.29 is 18.9 Å². The van der Waals surface area contributed by atoms with Crippen LogP contribution in [0, 0.1) is 5.41 Å². The molecule has 3 aromatic carbocycles. The van der Waals surface area contributed by atoms with Crippen LogP contribution in [0.4, 0.5) is 0 Å². The maximum atomic E-state index is 13.4. The van der Waals surface area contributed by atoms with Gasteiger partial charge in [-0.15, -0.1) is 0 Å². The van der Waals surface area contributed by atoms with Gasteiger partial charge in [0.25, 0.3) is 0 Å². The molecule has 4 aromatic rings. The van der Waals surface area contributed by atoms with Crippen molar-refractivity contribution in [2.45, 2.75) is 24.4 Å². The maximum absolute atomic E-state index is 13.4. The van der Waals surface area contributed by atoms with Crippen molar-refractivity contribution >= 4 is 35.0 Å². The molecule has 0 saturated heterocycles. The Labute approximate surface area is 189 Å². The van der Waals surface area contributed by atoms with Gasteiger partial charge in [-0.2, -0.15) is 0 Å². The summed E-state index contributed by atoms with van der Waals surface area (Å²) in [6.07, 6.45) is 0.138. The van der Waals surface area contributed by atoms with E-state index in [1.807, 2.05) is 84.9 Å². The molecule has 162 valence electrons. The van der Waals surface area contributed by atoms with Crippen LogP contribution in [0.2, 0.25) is 0 Å². The minimum Gasteiger partial charge on any atom is -0.481 e. The summed E-state index contributed by atoms with van der Waals surface area (Å²) in [5.41, 5.74) is 2.06. The van der Waals surface area contributed by atoms with Gasteiger partial charge in [-0.3, -0.25) is 9.59 Å². The normalized spacial score (nSPS) is 11.4. The Morgan fingerprint density at radius 2 is 1.44 bits per heavy atom. The van der Waals surface area contributed by atoms with E-state index in [0.29, 0.717) is 5.16 Å². The molecule has 0 aliphatic carbocycles. The molecule has 0 aliphatic heterocycles. The number of benzene rings is 3. The fraction of sp³-hybridized carbons (Fsp3) is 0.160. The molecule has 0 unspecified atom stereocenters. The SMILES string of the molecule is O=C(O)CC(Cc1ccccc1)(Cc1ccccc1)C(=O)OSc1nc2ccccc2[nH]1. The number of para-hydroxylation sites is 2. The Hall–Kier alpha value is -3.58. The summed E-state index contributed by atoms with van der Waals surface area (Å²) in [6, 6.07) is 26.3. The van der Waals surface area contributed by atoms with Crippen LogP contribution in [-0.4, -0.2) is 27.0 Å². The largest absolute Gasteiger partial charge is 0.481 e. The van der Waals surface area contributed by atoms with Crippen molar-refractivity contribution in [2.24, 2.45) is 5.41 Å². The van der Waals surface area contributed by atoms with E-state index < -0.39 is 17.4 Å². The lowest BCUT2D eigenvalue weighted by Gasteiger charge is -2.30. The fourth-order valence-electron chi connectivity index (χ4n) is 3.80. The Morgan fingerprint density at radius 3 is 2.00 bits per heavy atom. The smallest absolute Gasteiger partial charge is 0.325 e. The molecule has 1 heterocycles. The summed E-state index contributed by atoms with van der Waals surface area (Å²) >= 11 is 0.820. The number of aromatic nitrogens is 2. The number of aliphatic carboxylic acids is 1. The van der Waals surface area contributed by atoms with E-state index >= 15 is 0 Å². The van der Waals surface area contributed by atoms with Gasteiger partial charge in [-0.1, -0.05) is 72.8 Å². The molecule has 2 N–H and O–H groups in total. The van der Waals surface area contributed by atoms with Crippen molar-refractivity contribution in [1.82, 2.24) is 9.97 Å². The van der Waals surface area contributed by atoms with Gasteiger partial charge in [-0.25, -0.2) is 4.98 Å². The highest BCUT2D eigenvalue weighted by Crippen LogP contribution is 2.36. The molecule has 0 fully saturated rings. The second kappa shape index (κ2) is 9.70. The topological polar surface area (TPSA) is 92.3 Å². The number of nitrogens with zero attached hydrogens (tertiary/aromatic N) is 1. The lowest BCUT2D eigenvalue weighted by molar-refractivity contribution is -0.152. The van der Waals surface area contributed by atoms with E-state index in [9.17, 15) is 14.7 Å². The van der Waals surface area contributed by atoms with E-state index in [-0.39, 0.29) is 19.3 Å². The molecule has 1 aromatic heterocycles. The van der Waals surface area contributed by atoms with E-state index in [1.54, 1.807) is 0 Å². The number of hydrogen-bond acceptors (Lipinski definition) is 5. The highest BCUT2D eigenvalue weighted by atomic mass is 32.2. The van der Waals surface area contributed by atoms with Crippen molar-refractivity contribution in [3.63, 3.8) is 0 Å². The number of aromatic amines is 1. The molecule has 0 saturated carbocycles. The first-order chi connectivity index (χ1) is 15.5. The van der Waals surface area contributed by atoms with Crippen molar-refractivity contribution in [2.75, 3.05) is 0 Å². The number of fused-ring (bicyclic) bond motifs is 1. The molecule has 0 radical (unpaired) electrons. The summed E-state index contributed by atoms with van der Waals surface area (Å²) in [7, 11) is 0. The predicted molar refractivity (Wildman–Crippen MR) is 123 cm³/mol. The molecule has 32 heavy (non-hydrogen) atoms. The number of carboxylic acids is 1. The second-order valence-electron chi connectivity index (χ2n) is 7.69. The first-order valence-electron chi connectivity index (χ1n) is 10.2. The minimum atomic E-state index is -1.27. The number of carboxylic acid groups (broad SMARTS) is 1. The van der Waals surface area contributed by atoms with E-state index in [2.05, 4.69) is 9.97 Å². The molecule has 0 amide bonds. The molecule has 6 nitrogen and oxygen atoms in total. The number of nitrogens with one attached hydrogen (secondary N) is 1. The molecule has 0 bridgehead atoms. The zero-order chi connectivity index (χ0) is 22.4. The van der Waals surface area contributed by atoms with Crippen LogP contribution in [0.25, 0.3) is 11.0 Å². The van der Waals surface area contributed by atoms with Gasteiger partial charge < -0.3 is 14.3 Å². The van der Waals surface area contributed by atoms with Crippen molar-refractivity contribution in [1.29, 1.82) is 0 Å². The number of imidazole rings is 1. The molecule has 0 spiro atoms. The molecule has 0 atom stereocenters. The van der Waals surface area contributed by atoms with Gasteiger partial charge in [0.05, 0.1) is 22.9 Å². The summed E-state index contributed by atoms with van der Waals surface area (Å²) in [6.45, 7) is 0. The quantitative estimate of drug-likeness (QED) is 0.349. The van der Waals surface area contributed by atoms with E-state index in [1.165, 1.54) is 0 Å². The Bertz CT molecular complexity index is 1130. The zero-order valence-electron chi connectivity index (χ0n) is 17.2. The maximum Gasteiger partial charge on any atom is 0.325 e. The van der Waals surface area contributed by atoms with Gasteiger partial charge >= 0.3 is 11.9 Å². The van der Waals surface area contributed by atoms with Crippen LogP contribution in [0.1, 0.15) is 17.5 Å². The highest BCUT2D eigenvalue weighted by Gasteiger charge is 2.43. The van der Waals surface area contributed by atoms with Crippen molar-refractivity contribution in [3.8, 4) is 0 Å². The second-order valence-corrected chi connectivity index (χ2v) is 8.41. The van der Waals surface area contributed by atoms with Crippen LogP contribution in [0.5, 0.6) is 0 Å². The van der Waals surface area contributed by atoms with Gasteiger partial charge in [0.1, 0.15) is 12.0 Å². The van der Waals surface area contributed by atoms with Crippen molar-refractivity contribution in [3.05, 3.63) is 96.1 Å². The highest BCUT2D eigenvalue weighted by molar-refractivity contribution is 7.94. The van der Waals surface area contributed by atoms with Gasteiger partial charge in [0.15, 0.2) is 0 Å². The number of carbonyl (C=O) groups excluding carboxylic acids is 1. The van der Waals surface area contributed by atoms with E-state index in [4.69, 9.17) is 4.18 Å². The standard InChI is InChI=1S/C25H22N2O4S/c28-22(29)17-25(15-18-9-3-1-4-10-18,16-19-11-5-2-6-12-19)23(30)31-32-24-26-20-13-7-8-14-21(20)27-24/h1-14H,15-17H2,(H,26,27)(H,28,29). The zero-order valence-corrected chi connectivity index (χ0v) is 18.0. The average molecular weight is 447 g/mol. The van der Waals surface area contributed by atoms with Gasteiger partial charge in [0, 0.05) is 0 Å². The molecule has 4 rings (SSSR count). The summed E-state index contributed by atoms with van der Waals surface area (Å²) in [5.74, 6) is -1.64. The van der Waals surface area contributed by atoms with Crippen LogP contribution in [0.15, 0.2) is 90.1 Å².